The molecule has 0 radical (unpaired) electrons. The Labute approximate surface area is 280 Å². The molecular weight excluding hydrogens is 748 g/mol. The van der Waals surface area contributed by atoms with E-state index < -0.39 is 8.07 Å². The summed E-state index contributed by atoms with van der Waals surface area (Å²) < 4.78 is 5.31. The predicted octanol–water partition coefficient (Wildman–Crippen LogP) is 11.1. The topological polar surface area (TPSA) is 86.3 Å². The van der Waals surface area contributed by atoms with E-state index >= 15 is 0 Å². The summed E-state index contributed by atoms with van der Waals surface area (Å²) in [6.45, 7) is 7.08. The highest BCUT2D eigenvalue weighted by Gasteiger charge is 2.25. The minimum Gasteiger partial charge on any atom is -0.258 e. The number of hydrogen-bond donors (Lipinski definition) is 0. The van der Waals surface area contributed by atoms with E-state index in [0.717, 1.165) is 9.79 Å². The average Bonchev–Trinajstić information content (AvgIpc) is 3.51. The second-order valence-corrected chi connectivity index (χ2v) is 21.9. The third-order valence-electron chi connectivity index (χ3n) is 6.28. The van der Waals surface area contributed by atoms with E-state index in [4.69, 9.17) is 0 Å². The zero-order valence-corrected chi connectivity index (χ0v) is 29.7. The fourth-order valence-corrected chi connectivity index (χ4v) is 13.1. The Morgan fingerprint density at radius 3 is 1.51 bits per heavy atom. The van der Waals surface area contributed by atoms with Crippen molar-refractivity contribution in [2.24, 2.45) is 0 Å². The summed E-state index contributed by atoms with van der Waals surface area (Å²) in [5.41, 5.74) is 0.258. The second kappa shape index (κ2) is 13.5. The Kier molecular flexibility index (Phi) is 9.93. The van der Waals surface area contributed by atoms with E-state index in [9.17, 15) is 20.2 Å². The van der Waals surface area contributed by atoms with E-state index in [-0.39, 0.29) is 21.2 Å². The molecule has 2 heterocycles. The lowest BCUT2D eigenvalue weighted by molar-refractivity contribution is -0.385. The van der Waals surface area contributed by atoms with Gasteiger partial charge in [0.15, 0.2) is 0 Å². The van der Waals surface area contributed by atoms with Crippen LogP contribution in [0, 0.1) is 23.1 Å². The number of nitrogens with zero attached hydrogens (tertiary/aromatic N) is 2. The summed E-state index contributed by atoms with van der Waals surface area (Å²) >= 11 is 9.37. The Hall–Kier alpha value is -2.75. The molecule has 0 aliphatic carbocycles. The predicted molar refractivity (Wildman–Crippen MR) is 194 cm³/mol. The molecule has 0 bridgehead atoms. The van der Waals surface area contributed by atoms with E-state index in [1.807, 2.05) is 35.6 Å². The Morgan fingerprint density at radius 1 is 0.628 bits per heavy atom. The molecule has 0 saturated heterocycles. The smallest absolute Gasteiger partial charge is 0.258 e. The van der Waals surface area contributed by atoms with Gasteiger partial charge in [-0.25, -0.2) is 0 Å². The molecule has 0 fully saturated rings. The Bertz CT molecular complexity index is 1930. The number of hydrogen-bond acceptors (Lipinski definition) is 8. The van der Waals surface area contributed by atoms with Gasteiger partial charge in [-0.2, -0.15) is 0 Å². The van der Waals surface area contributed by atoms with E-state index in [1.54, 1.807) is 71.3 Å². The largest absolute Gasteiger partial charge is 0.269 e. The van der Waals surface area contributed by atoms with Crippen molar-refractivity contribution in [2.45, 2.75) is 39.2 Å². The molecule has 0 spiro atoms. The molecule has 218 valence electrons. The van der Waals surface area contributed by atoms with Gasteiger partial charge >= 0.3 is 0 Å². The number of fused-ring (bicyclic) bond motifs is 2. The summed E-state index contributed by atoms with van der Waals surface area (Å²) in [5, 5.41) is 24.0. The van der Waals surface area contributed by atoms with Crippen LogP contribution in [-0.4, -0.2) is 17.9 Å². The molecule has 0 aliphatic heterocycles. The maximum Gasteiger partial charge on any atom is 0.269 e. The van der Waals surface area contributed by atoms with Gasteiger partial charge in [-0.05, 0) is 59.0 Å². The van der Waals surface area contributed by atoms with Crippen LogP contribution < -0.4 is 4.50 Å². The van der Waals surface area contributed by atoms with Gasteiger partial charge in [-0.3, -0.25) is 20.2 Å². The molecule has 0 saturated carbocycles. The van der Waals surface area contributed by atoms with Gasteiger partial charge in [-0.1, -0.05) is 79.6 Å². The van der Waals surface area contributed by atoms with Gasteiger partial charge in [0.05, 0.1) is 20.8 Å². The lowest BCUT2D eigenvalue weighted by atomic mass is 10.3. The van der Waals surface area contributed by atoms with Crippen LogP contribution in [0.25, 0.3) is 20.2 Å². The van der Waals surface area contributed by atoms with Crippen LogP contribution in [0.5, 0.6) is 0 Å². The summed E-state index contributed by atoms with van der Waals surface area (Å²) in [4.78, 5) is 25.3. The number of benzene rings is 4. The van der Waals surface area contributed by atoms with Crippen LogP contribution in [0.1, 0.15) is 0 Å². The molecule has 0 aliphatic rings. The average molecular weight is 773 g/mol. The minimum atomic E-state index is -1.45. The fourth-order valence-electron chi connectivity index (χ4n) is 4.21. The van der Waals surface area contributed by atoms with E-state index in [1.165, 1.54) is 37.3 Å². The van der Waals surface area contributed by atoms with Crippen molar-refractivity contribution in [2.75, 3.05) is 0 Å². The van der Waals surface area contributed by atoms with Gasteiger partial charge in [0, 0.05) is 68.5 Å². The first-order valence-electron chi connectivity index (χ1n) is 13.0. The molecule has 6 aromatic rings. The van der Waals surface area contributed by atoms with Crippen LogP contribution >= 0.6 is 68.8 Å². The lowest BCUT2D eigenvalue weighted by Gasteiger charge is -2.16. The molecule has 6 rings (SSSR count). The highest BCUT2D eigenvalue weighted by molar-refractivity contribution is 14.1. The van der Waals surface area contributed by atoms with Crippen LogP contribution in [0.15, 0.2) is 117 Å². The summed E-state index contributed by atoms with van der Waals surface area (Å²) in [5.74, 6) is 0. The SMILES string of the molecule is C[Si](C)(C)c1sc2ccccc2c1Sc1ccc([N+](=O)[O-])cc1.O=[N+]([O-])c1ccc(Sc2c(I)sc3ccccc23)cc1. The van der Waals surface area contributed by atoms with Crippen molar-refractivity contribution < 1.29 is 9.85 Å². The van der Waals surface area contributed by atoms with Gasteiger partial charge in [0.2, 0.25) is 0 Å². The van der Waals surface area contributed by atoms with Crippen LogP contribution in [0.3, 0.4) is 0 Å². The summed E-state index contributed by atoms with van der Waals surface area (Å²) in [7, 11) is -1.45. The van der Waals surface area contributed by atoms with Gasteiger partial charge in [0.1, 0.15) is 0 Å². The first kappa shape index (κ1) is 31.7. The Balaban J connectivity index is 0.000000173. The number of halogens is 1. The van der Waals surface area contributed by atoms with Crippen molar-refractivity contribution in [3.05, 3.63) is 120 Å². The lowest BCUT2D eigenvalue weighted by Crippen LogP contribution is -2.36. The third-order valence-corrected chi connectivity index (χ3v) is 16.3. The van der Waals surface area contributed by atoms with Crippen LogP contribution in [0.4, 0.5) is 11.4 Å². The number of rotatable bonds is 7. The fraction of sp³-hybridized carbons (Fsp3) is 0.0968. The summed E-state index contributed by atoms with van der Waals surface area (Å²) in [6.07, 6.45) is 0. The van der Waals surface area contributed by atoms with Gasteiger partial charge in [-0.15, -0.1) is 22.7 Å². The quantitative estimate of drug-likeness (QED) is 0.0695. The minimum absolute atomic E-state index is 0.124. The van der Waals surface area contributed by atoms with Gasteiger partial charge in [0.25, 0.3) is 11.4 Å². The maximum absolute atomic E-state index is 10.8. The zero-order valence-electron chi connectivity index (χ0n) is 23.3. The summed E-state index contributed by atoms with van der Waals surface area (Å²) in [6, 6.07) is 30.3. The molecule has 43 heavy (non-hydrogen) atoms. The monoisotopic (exact) mass is 772 g/mol. The van der Waals surface area contributed by atoms with Crippen molar-refractivity contribution in [3.63, 3.8) is 0 Å². The van der Waals surface area contributed by atoms with Crippen LogP contribution in [0.2, 0.25) is 19.6 Å². The number of non-ortho nitro benzene ring substituents is 2. The molecule has 2 aromatic heterocycles. The molecule has 12 heteroatoms. The van der Waals surface area contributed by atoms with Crippen molar-refractivity contribution >= 4 is 113 Å². The first-order valence-corrected chi connectivity index (χ1v) is 20.9. The second-order valence-electron chi connectivity index (χ2n) is 10.4. The highest BCUT2D eigenvalue weighted by atomic mass is 127. The number of nitro benzene ring substituents is 2. The Morgan fingerprint density at radius 2 is 1.05 bits per heavy atom. The van der Waals surface area contributed by atoms with Crippen molar-refractivity contribution in [1.29, 1.82) is 0 Å². The van der Waals surface area contributed by atoms with Gasteiger partial charge < -0.3 is 0 Å². The third kappa shape index (κ3) is 7.49. The highest BCUT2D eigenvalue weighted by Crippen LogP contribution is 2.42. The van der Waals surface area contributed by atoms with E-state index in [2.05, 4.69) is 78.6 Å². The number of nitro groups is 2. The maximum atomic E-state index is 10.8. The standard InChI is InChI=1S/C17H17NO2S2Si.C14H8INO2S2/c1-23(2,3)17-16(14-6-4-5-7-15(14)22-17)21-13-10-8-12(9-11-13)18(19)20;15-14-13(11-3-1-2-4-12(11)20-14)19-10-7-5-9(6-8-10)16(17)18/h4-11H,1-3H3;1-8H. The van der Waals surface area contributed by atoms with E-state index in [0.29, 0.717) is 0 Å². The molecular formula is C31H25IN2O4S4Si. The van der Waals surface area contributed by atoms with Crippen molar-refractivity contribution in [1.82, 2.24) is 0 Å². The zero-order chi connectivity index (χ0) is 30.7. The first-order chi connectivity index (χ1) is 20.5. The molecule has 0 unspecified atom stereocenters. The molecule has 0 atom stereocenters. The molecule has 4 aromatic carbocycles. The van der Waals surface area contributed by atoms with Crippen LogP contribution in [-0.2, 0) is 0 Å². The normalized spacial score (nSPS) is 11.3. The number of thiophene rings is 2. The molecule has 0 amide bonds. The van der Waals surface area contributed by atoms with Crippen molar-refractivity contribution in [3.8, 4) is 0 Å². The molecule has 0 N–H and O–H groups in total. The molecule has 6 nitrogen and oxygen atoms in total.